The minimum Gasteiger partial charge on any atom is -0.481 e. The molecule has 14 heavy (non-hydrogen) atoms. The average molecular weight is 198 g/mol. The van der Waals surface area contributed by atoms with Crippen molar-refractivity contribution in [2.24, 2.45) is 17.8 Å². The molecule has 0 unspecified atom stereocenters. The Morgan fingerprint density at radius 3 is 2.07 bits per heavy atom. The molecule has 0 spiro atoms. The number of carboxylic acids is 1. The van der Waals surface area contributed by atoms with Gasteiger partial charge >= 0.3 is 5.97 Å². The van der Waals surface area contributed by atoms with Crippen LogP contribution in [0.1, 0.15) is 39.5 Å². The van der Waals surface area contributed by atoms with Crippen molar-refractivity contribution in [1.29, 1.82) is 0 Å². The lowest BCUT2D eigenvalue weighted by Gasteiger charge is -2.28. The van der Waals surface area contributed by atoms with Gasteiger partial charge in [0.15, 0.2) is 0 Å². The molecule has 1 fully saturated rings. The third-order valence-corrected chi connectivity index (χ3v) is 3.02. The molecule has 0 aliphatic heterocycles. The van der Waals surface area contributed by atoms with E-state index in [0.717, 1.165) is 19.3 Å². The van der Waals surface area contributed by atoms with Gasteiger partial charge in [-0.2, -0.15) is 0 Å². The molecule has 3 heteroatoms. The third-order valence-electron chi connectivity index (χ3n) is 3.02. The Hall–Kier alpha value is -0.860. The summed E-state index contributed by atoms with van der Waals surface area (Å²) < 4.78 is 0. The van der Waals surface area contributed by atoms with Crippen LogP contribution in [0.25, 0.3) is 0 Å². The van der Waals surface area contributed by atoms with Gasteiger partial charge < -0.3 is 5.11 Å². The highest BCUT2D eigenvalue weighted by Crippen LogP contribution is 2.32. The summed E-state index contributed by atoms with van der Waals surface area (Å²) in [5.41, 5.74) is 0. The van der Waals surface area contributed by atoms with Crippen LogP contribution in [0.5, 0.6) is 0 Å². The Bertz CT molecular complexity index is 233. The van der Waals surface area contributed by atoms with E-state index in [4.69, 9.17) is 5.11 Å². The number of hydrogen-bond donors (Lipinski definition) is 1. The highest BCUT2D eigenvalue weighted by atomic mass is 16.4. The number of carbonyl (C=O) groups is 2. The van der Waals surface area contributed by atoms with Crippen molar-refractivity contribution in [3.63, 3.8) is 0 Å². The molecule has 0 saturated heterocycles. The van der Waals surface area contributed by atoms with Crippen LogP contribution in [-0.4, -0.2) is 16.9 Å². The lowest BCUT2D eigenvalue weighted by atomic mass is 9.74. The smallest absolute Gasteiger partial charge is 0.307 e. The molecule has 0 heterocycles. The normalized spacial score (nSPS) is 27.6. The van der Waals surface area contributed by atoms with E-state index in [1.807, 2.05) is 13.8 Å². The van der Waals surface area contributed by atoms with Crippen molar-refractivity contribution < 1.29 is 14.7 Å². The molecule has 1 aliphatic carbocycles. The molecule has 1 N–H and O–H groups in total. The summed E-state index contributed by atoms with van der Waals surface area (Å²) in [7, 11) is 0. The minimum atomic E-state index is -0.802. The molecule has 0 aromatic heterocycles. The number of aliphatic carboxylic acids is 1. The first-order chi connectivity index (χ1) is 6.54. The Labute approximate surface area is 84.5 Å². The zero-order valence-electron chi connectivity index (χ0n) is 8.82. The standard InChI is InChI=1S/C11H18O3/c1-7(2)10(12)8-5-3-4-6-9(8)11(13)14/h7-9H,3-6H2,1-2H3,(H,13,14)/t8-,9+/m1/s1. The number of rotatable bonds is 3. The van der Waals surface area contributed by atoms with Gasteiger partial charge in [-0.3, -0.25) is 9.59 Å². The summed E-state index contributed by atoms with van der Waals surface area (Å²) >= 11 is 0. The van der Waals surface area contributed by atoms with Crippen LogP contribution in [0, 0.1) is 17.8 Å². The van der Waals surface area contributed by atoms with E-state index in [9.17, 15) is 9.59 Å². The Balaban J connectivity index is 2.72. The lowest BCUT2D eigenvalue weighted by molar-refractivity contribution is -0.149. The molecule has 0 amide bonds. The van der Waals surface area contributed by atoms with Gasteiger partial charge in [0.05, 0.1) is 5.92 Å². The Morgan fingerprint density at radius 2 is 1.64 bits per heavy atom. The van der Waals surface area contributed by atoms with Gasteiger partial charge in [-0.1, -0.05) is 26.7 Å². The summed E-state index contributed by atoms with van der Waals surface area (Å²) in [6, 6.07) is 0. The molecular formula is C11H18O3. The zero-order valence-corrected chi connectivity index (χ0v) is 8.82. The summed E-state index contributed by atoms with van der Waals surface area (Å²) in [4.78, 5) is 22.7. The largest absolute Gasteiger partial charge is 0.481 e. The number of carbonyl (C=O) groups excluding carboxylic acids is 1. The summed E-state index contributed by atoms with van der Waals surface area (Å²) in [6.45, 7) is 3.69. The van der Waals surface area contributed by atoms with Gasteiger partial charge in [0.1, 0.15) is 5.78 Å². The number of carboxylic acid groups (broad SMARTS) is 1. The molecule has 1 saturated carbocycles. The van der Waals surface area contributed by atoms with Crippen molar-refractivity contribution >= 4 is 11.8 Å². The molecule has 3 nitrogen and oxygen atoms in total. The van der Waals surface area contributed by atoms with Crippen LogP contribution >= 0.6 is 0 Å². The number of ketones is 1. The van der Waals surface area contributed by atoms with Gasteiger partial charge in [0, 0.05) is 11.8 Å². The maximum absolute atomic E-state index is 11.7. The fourth-order valence-corrected chi connectivity index (χ4v) is 2.20. The highest BCUT2D eigenvalue weighted by molar-refractivity contribution is 5.87. The first-order valence-corrected chi connectivity index (χ1v) is 5.30. The molecule has 0 radical (unpaired) electrons. The second kappa shape index (κ2) is 4.58. The van der Waals surface area contributed by atoms with E-state index in [-0.39, 0.29) is 17.6 Å². The van der Waals surface area contributed by atoms with Crippen molar-refractivity contribution in [1.82, 2.24) is 0 Å². The van der Waals surface area contributed by atoms with E-state index in [0.29, 0.717) is 6.42 Å². The first-order valence-electron chi connectivity index (χ1n) is 5.30. The van der Waals surface area contributed by atoms with Crippen LogP contribution in [-0.2, 0) is 9.59 Å². The van der Waals surface area contributed by atoms with Gasteiger partial charge in [0.2, 0.25) is 0 Å². The maximum Gasteiger partial charge on any atom is 0.307 e. The van der Waals surface area contributed by atoms with Crippen LogP contribution in [0.3, 0.4) is 0 Å². The fraction of sp³-hybridized carbons (Fsp3) is 0.818. The Morgan fingerprint density at radius 1 is 1.14 bits per heavy atom. The predicted octanol–water partition coefficient (Wildman–Crippen LogP) is 2.10. The van der Waals surface area contributed by atoms with E-state index in [1.165, 1.54) is 0 Å². The van der Waals surface area contributed by atoms with Crippen molar-refractivity contribution in [2.45, 2.75) is 39.5 Å². The summed E-state index contributed by atoms with van der Waals surface area (Å²) in [6.07, 6.45) is 3.36. The van der Waals surface area contributed by atoms with Crippen molar-refractivity contribution in [3.05, 3.63) is 0 Å². The monoisotopic (exact) mass is 198 g/mol. The molecule has 0 aromatic carbocycles. The summed E-state index contributed by atoms with van der Waals surface area (Å²) in [5.74, 6) is -1.39. The average Bonchev–Trinajstić information content (AvgIpc) is 2.16. The maximum atomic E-state index is 11.7. The third kappa shape index (κ3) is 2.34. The molecule has 0 aromatic rings. The molecular weight excluding hydrogens is 180 g/mol. The van der Waals surface area contributed by atoms with Gasteiger partial charge in [-0.15, -0.1) is 0 Å². The lowest BCUT2D eigenvalue weighted by Crippen LogP contribution is -2.34. The second-order valence-corrected chi connectivity index (χ2v) is 4.39. The predicted molar refractivity (Wildman–Crippen MR) is 52.9 cm³/mol. The van der Waals surface area contributed by atoms with E-state index in [1.54, 1.807) is 0 Å². The Kier molecular flexibility index (Phi) is 3.67. The van der Waals surface area contributed by atoms with Crippen LogP contribution in [0.15, 0.2) is 0 Å². The molecule has 0 bridgehead atoms. The van der Waals surface area contributed by atoms with Crippen LogP contribution < -0.4 is 0 Å². The molecule has 1 rings (SSSR count). The number of Topliss-reactive ketones (excluding diaryl/α,β-unsaturated/α-hetero) is 1. The van der Waals surface area contributed by atoms with Gasteiger partial charge in [-0.25, -0.2) is 0 Å². The van der Waals surface area contributed by atoms with Crippen LogP contribution in [0.2, 0.25) is 0 Å². The van der Waals surface area contributed by atoms with Gasteiger partial charge in [0.25, 0.3) is 0 Å². The van der Waals surface area contributed by atoms with E-state index >= 15 is 0 Å². The quantitative estimate of drug-likeness (QED) is 0.755. The fourth-order valence-electron chi connectivity index (χ4n) is 2.20. The minimum absolute atomic E-state index is 0.0417. The first kappa shape index (κ1) is 11.2. The van der Waals surface area contributed by atoms with Crippen molar-refractivity contribution in [3.8, 4) is 0 Å². The molecule has 1 aliphatic rings. The van der Waals surface area contributed by atoms with Gasteiger partial charge in [-0.05, 0) is 12.8 Å². The van der Waals surface area contributed by atoms with Crippen molar-refractivity contribution in [2.75, 3.05) is 0 Å². The topological polar surface area (TPSA) is 54.4 Å². The SMILES string of the molecule is CC(C)C(=O)[C@@H]1CCCC[C@@H]1C(=O)O. The summed E-state index contributed by atoms with van der Waals surface area (Å²) in [5, 5.41) is 8.99. The zero-order chi connectivity index (χ0) is 10.7. The molecule has 80 valence electrons. The van der Waals surface area contributed by atoms with E-state index < -0.39 is 11.9 Å². The molecule has 2 atom stereocenters. The van der Waals surface area contributed by atoms with E-state index in [2.05, 4.69) is 0 Å². The number of hydrogen-bond acceptors (Lipinski definition) is 2. The highest BCUT2D eigenvalue weighted by Gasteiger charge is 2.36. The van der Waals surface area contributed by atoms with Crippen LogP contribution in [0.4, 0.5) is 0 Å². The second-order valence-electron chi connectivity index (χ2n) is 4.39.